The molecule has 0 atom stereocenters. The highest BCUT2D eigenvalue weighted by Crippen LogP contribution is 2.20. The Kier molecular flexibility index (Phi) is 7.32. The van der Waals surface area contributed by atoms with Crippen LogP contribution in [-0.4, -0.2) is 16.8 Å². The normalized spacial score (nSPS) is 14.6. The number of carbonyl (C=O) groups excluding carboxylic acids is 1. The molecule has 3 aromatic rings. The molecule has 32 heavy (non-hydrogen) atoms. The van der Waals surface area contributed by atoms with E-state index < -0.39 is 0 Å². The number of nitrogens with one attached hydrogen (secondary N) is 1. The molecule has 1 amide bonds. The lowest BCUT2D eigenvalue weighted by Crippen LogP contribution is -2.35. The molecule has 168 valence electrons. The van der Waals surface area contributed by atoms with Gasteiger partial charge in [0.25, 0.3) is 5.91 Å². The van der Waals surface area contributed by atoms with Gasteiger partial charge < -0.3 is 9.73 Å². The molecule has 1 N–H and O–H groups in total. The van der Waals surface area contributed by atoms with Crippen molar-refractivity contribution in [3.63, 3.8) is 0 Å². The summed E-state index contributed by atoms with van der Waals surface area (Å²) in [5.74, 6) is 0.197. The molecular formula is C26H28F2N2O2. The first-order valence-electron chi connectivity index (χ1n) is 11.2. The first-order chi connectivity index (χ1) is 15.5. The molecule has 4 nitrogen and oxygen atoms in total. The SMILES string of the molecule is O=C(NC1CCCCC1)c1ccc(CN(Cc2ccc(F)cc2)Cc2cccc(F)c2)o1. The Morgan fingerprint density at radius 3 is 2.38 bits per heavy atom. The van der Waals surface area contributed by atoms with Crippen molar-refractivity contribution in [2.24, 2.45) is 0 Å². The van der Waals surface area contributed by atoms with Crippen molar-refractivity contribution < 1.29 is 18.0 Å². The van der Waals surface area contributed by atoms with E-state index in [1.165, 1.54) is 30.7 Å². The predicted molar refractivity (Wildman–Crippen MR) is 119 cm³/mol. The molecule has 1 aliphatic rings. The summed E-state index contributed by atoms with van der Waals surface area (Å²) in [6, 6.07) is 16.5. The monoisotopic (exact) mass is 438 g/mol. The summed E-state index contributed by atoms with van der Waals surface area (Å²) >= 11 is 0. The van der Waals surface area contributed by atoms with E-state index in [4.69, 9.17) is 4.42 Å². The summed E-state index contributed by atoms with van der Waals surface area (Å²) in [5.41, 5.74) is 1.76. The number of nitrogens with zero attached hydrogens (tertiary/aromatic N) is 1. The van der Waals surface area contributed by atoms with Crippen LogP contribution in [0.4, 0.5) is 8.78 Å². The smallest absolute Gasteiger partial charge is 0.287 e. The van der Waals surface area contributed by atoms with Gasteiger partial charge in [-0.25, -0.2) is 8.78 Å². The van der Waals surface area contributed by atoms with E-state index in [2.05, 4.69) is 10.2 Å². The maximum absolute atomic E-state index is 13.7. The Hall–Kier alpha value is -2.99. The average molecular weight is 439 g/mol. The van der Waals surface area contributed by atoms with Crippen LogP contribution in [0.2, 0.25) is 0 Å². The summed E-state index contributed by atoms with van der Waals surface area (Å²) in [6.07, 6.45) is 5.54. The molecule has 0 bridgehead atoms. The van der Waals surface area contributed by atoms with E-state index in [1.807, 2.05) is 6.07 Å². The Balaban J connectivity index is 1.45. The van der Waals surface area contributed by atoms with E-state index in [-0.39, 0.29) is 23.6 Å². The minimum absolute atomic E-state index is 0.182. The van der Waals surface area contributed by atoms with Gasteiger partial charge in [0, 0.05) is 19.1 Å². The van der Waals surface area contributed by atoms with E-state index in [9.17, 15) is 13.6 Å². The number of rotatable bonds is 8. The number of benzene rings is 2. The van der Waals surface area contributed by atoms with Crippen LogP contribution in [0.25, 0.3) is 0 Å². The van der Waals surface area contributed by atoms with Crippen LogP contribution in [0, 0.1) is 11.6 Å². The highest BCUT2D eigenvalue weighted by molar-refractivity contribution is 5.91. The van der Waals surface area contributed by atoms with Gasteiger partial charge in [-0.2, -0.15) is 0 Å². The largest absolute Gasteiger partial charge is 0.455 e. The average Bonchev–Trinajstić information content (AvgIpc) is 3.25. The molecule has 6 heteroatoms. The highest BCUT2D eigenvalue weighted by atomic mass is 19.1. The second kappa shape index (κ2) is 10.6. The zero-order valence-electron chi connectivity index (χ0n) is 18.0. The number of hydrogen-bond donors (Lipinski definition) is 1. The molecule has 1 aliphatic carbocycles. The summed E-state index contributed by atoms with van der Waals surface area (Å²) in [7, 11) is 0. The first kappa shape index (κ1) is 22.2. The Morgan fingerprint density at radius 1 is 0.875 bits per heavy atom. The first-order valence-corrected chi connectivity index (χ1v) is 11.2. The quantitative estimate of drug-likeness (QED) is 0.482. The summed E-state index contributed by atoms with van der Waals surface area (Å²) in [4.78, 5) is 14.6. The van der Waals surface area contributed by atoms with Gasteiger partial charge in [0.05, 0.1) is 6.54 Å². The fraction of sp³-hybridized carbons (Fsp3) is 0.346. The van der Waals surface area contributed by atoms with Crippen molar-refractivity contribution in [2.45, 2.75) is 57.8 Å². The molecule has 0 saturated heterocycles. The minimum Gasteiger partial charge on any atom is -0.455 e. The fourth-order valence-corrected chi connectivity index (χ4v) is 4.22. The van der Waals surface area contributed by atoms with Crippen molar-refractivity contribution in [3.05, 3.63) is 94.9 Å². The van der Waals surface area contributed by atoms with Crippen LogP contribution in [0.15, 0.2) is 65.1 Å². The van der Waals surface area contributed by atoms with Gasteiger partial charge >= 0.3 is 0 Å². The molecule has 2 aromatic carbocycles. The summed E-state index contributed by atoms with van der Waals surface area (Å²) in [5, 5.41) is 3.07. The Morgan fingerprint density at radius 2 is 1.62 bits per heavy atom. The lowest BCUT2D eigenvalue weighted by molar-refractivity contribution is 0.0895. The second-order valence-corrected chi connectivity index (χ2v) is 8.48. The Labute approximate surface area is 187 Å². The van der Waals surface area contributed by atoms with Crippen molar-refractivity contribution in [1.82, 2.24) is 10.2 Å². The van der Waals surface area contributed by atoms with Gasteiger partial charge in [-0.15, -0.1) is 0 Å². The molecule has 0 radical (unpaired) electrons. The van der Waals surface area contributed by atoms with Gasteiger partial charge in [0.15, 0.2) is 5.76 Å². The summed E-state index contributed by atoms with van der Waals surface area (Å²) < 4.78 is 32.8. The van der Waals surface area contributed by atoms with Crippen molar-refractivity contribution >= 4 is 5.91 Å². The zero-order chi connectivity index (χ0) is 22.3. The Bertz CT molecular complexity index is 1030. The number of amides is 1. The van der Waals surface area contributed by atoms with Crippen molar-refractivity contribution in [2.75, 3.05) is 0 Å². The molecule has 1 heterocycles. The molecule has 0 spiro atoms. The molecule has 1 saturated carbocycles. The molecule has 1 fully saturated rings. The van der Waals surface area contributed by atoms with E-state index >= 15 is 0 Å². The van der Waals surface area contributed by atoms with Crippen LogP contribution in [-0.2, 0) is 19.6 Å². The second-order valence-electron chi connectivity index (χ2n) is 8.48. The molecular weight excluding hydrogens is 410 g/mol. The summed E-state index contributed by atoms with van der Waals surface area (Å²) in [6.45, 7) is 1.45. The van der Waals surface area contributed by atoms with Crippen LogP contribution >= 0.6 is 0 Å². The van der Waals surface area contributed by atoms with Crippen LogP contribution in [0.3, 0.4) is 0 Å². The number of hydrogen-bond acceptors (Lipinski definition) is 3. The van der Waals surface area contributed by atoms with Gasteiger partial charge in [-0.05, 0) is 60.4 Å². The number of halogens is 2. The number of carbonyl (C=O) groups is 1. The van der Waals surface area contributed by atoms with Gasteiger partial charge in [-0.1, -0.05) is 43.5 Å². The van der Waals surface area contributed by atoms with Crippen LogP contribution in [0.5, 0.6) is 0 Å². The molecule has 0 aliphatic heterocycles. The topological polar surface area (TPSA) is 45.5 Å². The van der Waals surface area contributed by atoms with Gasteiger partial charge in [0.2, 0.25) is 0 Å². The highest BCUT2D eigenvalue weighted by Gasteiger charge is 2.19. The third-order valence-corrected chi connectivity index (χ3v) is 5.82. The zero-order valence-corrected chi connectivity index (χ0v) is 18.0. The molecule has 0 unspecified atom stereocenters. The third-order valence-electron chi connectivity index (χ3n) is 5.82. The van der Waals surface area contributed by atoms with Crippen molar-refractivity contribution in [3.8, 4) is 0 Å². The standard InChI is InChI=1S/C26H28F2N2O2/c27-21-11-9-19(10-12-21)16-30(17-20-5-4-6-22(28)15-20)18-24-13-14-25(32-24)26(31)29-23-7-2-1-3-8-23/h4-6,9-15,23H,1-3,7-8,16-18H2,(H,29,31). The lowest BCUT2D eigenvalue weighted by atomic mass is 9.95. The fourth-order valence-electron chi connectivity index (χ4n) is 4.22. The van der Waals surface area contributed by atoms with Crippen molar-refractivity contribution in [1.29, 1.82) is 0 Å². The third kappa shape index (κ3) is 6.26. The van der Waals surface area contributed by atoms with Gasteiger partial charge in [-0.3, -0.25) is 9.69 Å². The molecule has 1 aromatic heterocycles. The van der Waals surface area contributed by atoms with Crippen LogP contribution < -0.4 is 5.32 Å². The lowest BCUT2D eigenvalue weighted by Gasteiger charge is -2.22. The van der Waals surface area contributed by atoms with E-state index in [1.54, 1.807) is 30.3 Å². The minimum atomic E-state index is -0.288. The maximum atomic E-state index is 13.7. The molecule has 4 rings (SSSR count). The predicted octanol–water partition coefficient (Wildman–Crippen LogP) is 5.82. The van der Waals surface area contributed by atoms with Gasteiger partial charge in [0.1, 0.15) is 17.4 Å². The number of furan rings is 1. The maximum Gasteiger partial charge on any atom is 0.287 e. The van der Waals surface area contributed by atoms with E-state index in [0.29, 0.717) is 31.2 Å². The van der Waals surface area contributed by atoms with Crippen LogP contribution in [0.1, 0.15) is 59.5 Å². The van der Waals surface area contributed by atoms with E-state index in [0.717, 1.165) is 36.8 Å².